The van der Waals surface area contributed by atoms with E-state index in [0.29, 0.717) is 30.1 Å². The minimum atomic E-state index is -0.0803. The van der Waals surface area contributed by atoms with E-state index in [9.17, 15) is 10.1 Å². The molecule has 1 saturated heterocycles. The molecule has 1 aromatic heterocycles. The zero-order valence-electron chi connectivity index (χ0n) is 18.1. The van der Waals surface area contributed by atoms with E-state index in [1.54, 1.807) is 13.3 Å². The van der Waals surface area contributed by atoms with Gasteiger partial charge in [-0.15, -0.1) is 0 Å². The van der Waals surface area contributed by atoms with Gasteiger partial charge in [0.25, 0.3) is 0 Å². The molecule has 6 nitrogen and oxygen atoms in total. The molecule has 2 aromatic carbocycles. The summed E-state index contributed by atoms with van der Waals surface area (Å²) in [4.78, 5) is 19.6. The largest absolute Gasteiger partial charge is 0.495 e. The molecular formula is C25H26N4O2. The van der Waals surface area contributed by atoms with Gasteiger partial charge < -0.3 is 15.0 Å². The highest BCUT2D eigenvalue weighted by Crippen LogP contribution is 2.35. The zero-order chi connectivity index (χ0) is 22.0. The predicted molar refractivity (Wildman–Crippen MR) is 122 cm³/mol. The smallest absolute Gasteiger partial charge is 0.227 e. The summed E-state index contributed by atoms with van der Waals surface area (Å²) in [6.45, 7) is 5.53. The summed E-state index contributed by atoms with van der Waals surface area (Å²) < 4.78 is 5.33. The number of amides is 1. The zero-order valence-corrected chi connectivity index (χ0v) is 18.1. The van der Waals surface area contributed by atoms with Crippen molar-refractivity contribution in [2.45, 2.75) is 26.7 Å². The lowest BCUT2D eigenvalue weighted by Gasteiger charge is -2.34. The summed E-state index contributed by atoms with van der Waals surface area (Å²) in [5, 5.41) is 13.7. The van der Waals surface area contributed by atoms with Gasteiger partial charge >= 0.3 is 0 Å². The minimum absolute atomic E-state index is 0.0101. The number of hydrogen-bond donors (Lipinski definition) is 1. The Balaban J connectivity index is 1.55. The fourth-order valence-electron chi connectivity index (χ4n) is 4.42. The number of carbonyl (C=O) groups is 1. The summed E-state index contributed by atoms with van der Waals surface area (Å²) in [7, 11) is 1.60. The van der Waals surface area contributed by atoms with Gasteiger partial charge in [-0.05, 0) is 50.5 Å². The third kappa shape index (κ3) is 4.04. The monoisotopic (exact) mass is 414 g/mol. The van der Waals surface area contributed by atoms with E-state index in [1.807, 2.05) is 31.2 Å². The quantitative estimate of drug-likeness (QED) is 0.676. The number of rotatable bonds is 4. The number of aryl methyl sites for hydroxylation is 2. The Kier molecular flexibility index (Phi) is 5.77. The Morgan fingerprint density at radius 2 is 1.97 bits per heavy atom. The van der Waals surface area contributed by atoms with Crippen molar-refractivity contribution in [2.75, 3.05) is 30.4 Å². The number of nitrogens with one attached hydrogen (secondary N) is 1. The lowest BCUT2D eigenvalue weighted by molar-refractivity contribution is -0.120. The molecule has 2 heterocycles. The van der Waals surface area contributed by atoms with E-state index in [4.69, 9.17) is 4.74 Å². The SMILES string of the molecule is COc1ccccc1NC(=O)C1CCN(c2c(C#N)cnc3c(C)cc(C)cc23)CC1. The first kappa shape index (κ1) is 20.7. The molecule has 0 atom stereocenters. The molecule has 1 amide bonds. The number of carbonyl (C=O) groups excluding carboxylic acids is 1. The Labute approximate surface area is 182 Å². The second-order valence-electron chi connectivity index (χ2n) is 8.06. The maximum atomic E-state index is 12.9. The van der Waals surface area contributed by atoms with Crippen molar-refractivity contribution >= 4 is 28.2 Å². The average molecular weight is 415 g/mol. The summed E-state index contributed by atoms with van der Waals surface area (Å²) >= 11 is 0. The molecule has 0 radical (unpaired) electrons. The van der Waals surface area contributed by atoms with Gasteiger partial charge in [0.1, 0.15) is 11.8 Å². The van der Waals surface area contributed by atoms with Crippen LogP contribution >= 0.6 is 0 Å². The highest BCUT2D eigenvalue weighted by atomic mass is 16.5. The van der Waals surface area contributed by atoms with Crippen molar-refractivity contribution < 1.29 is 9.53 Å². The van der Waals surface area contributed by atoms with Crippen LogP contribution in [0.15, 0.2) is 42.6 Å². The first-order valence-corrected chi connectivity index (χ1v) is 10.5. The number of piperidine rings is 1. The summed E-state index contributed by atoms with van der Waals surface area (Å²) in [5.74, 6) is 0.583. The van der Waals surface area contributed by atoms with Crippen LogP contribution < -0.4 is 15.0 Å². The van der Waals surface area contributed by atoms with Crippen LogP contribution in [-0.2, 0) is 4.79 Å². The Bertz CT molecular complexity index is 1170. The molecule has 4 rings (SSSR count). The van der Waals surface area contributed by atoms with Crippen LogP contribution in [0.1, 0.15) is 29.5 Å². The van der Waals surface area contributed by atoms with E-state index >= 15 is 0 Å². The second kappa shape index (κ2) is 8.65. The number of aromatic nitrogens is 1. The maximum absolute atomic E-state index is 12.9. The first-order chi connectivity index (χ1) is 15.0. The molecule has 31 heavy (non-hydrogen) atoms. The number of ether oxygens (including phenoxy) is 1. The molecule has 0 saturated carbocycles. The Morgan fingerprint density at radius 1 is 1.23 bits per heavy atom. The fraction of sp³-hybridized carbons (Fsp3) is 0.320. The minimum Gasteiger partial charge on any atom is -0.495 e. The van der Waals surface area contributed by atoms with Crippen molar-refractivity contribution in [2.24, 2.45) is 5.92 Å². The van der Waals surface area contributed by atoms with Gasteiger partial charge in [-0.1, -0.05) is 23.8 Å². The van der Waals surface area contributed by atoms with Crippen molar-refractivity contribution in [1.29, 1.82) is 5.26 Å². The van der Waals surface area contributed by atoms with Crippen molar-refractivity contribution in [3.63, 3.8) is 0 Å². The lowest BCUT2D eigenvalue weighted by Crippen LogP contribution is -2.38. The van der Waals surface area contributed by atoms with Gasteiger partial charge in [-0.2, -0.15) is 5.26 Å². The van der Waals surface area contributed by atoms with Crippen molar-refractivity contribution in [3.8, 4) is 11.8 Å². The number of anilines is 2. The third-order valence-corrected chi connectivity index (χ3v) is 5.95. The lowest BCUT2D eigenvalue weighted by atomic mass is 9.94. The maximum Gasteiger partial charge on any atom is 0.227 e. The van der Waals surface area contributed by atoms with Crippen LogP contribution in [0.25, 0.3) is 10.9 Å². The molecule has 158 valence electrons. The summed E-state index contributed by atoms with van der Waals surface area (Å²) in [6.07, 6.45) is 3.11. The van der Waals surface area contributed by atoms with Gasteiger partial charge in [0.05, 0.1) is 29.6 Å². The van der Waals surface area contributed by atoms with Crippen molar-refractivity contribution in [1.82, 2.24) is 4.98 Å². The molecule has 0 spiro atoms. The van der Waals surface area contributed by atoms with Crippen LogP contribution in [0, 0.1) is 31.1 Å². The van der Waals surface area contributed by atoms with E-state index in [1.165, 1.54) is 0 Å². The van der Waals surface area contributed by atoms with Gasteiger partial charge in [-0.3, -0.25) is 9.78 Å². The number of benzene rings is 2. The van der Waals surface area contributed by atoms with E-state index < -0.39 is 0 Å². The number of pyridine rings is 1. The van der Waals surface area contributed by atoms with E-state index in [-0.39, 0.29) is 11.8 Å². The van der Waals surface area contributed by atoms with E-state index in [0.717, 1.165) is 40.6 Å². The number of nitrogens with zero attached hydrogens (tertiary/aromatic N) is 3. The van der Waals surface area contributed by atoms with Gasteiger partial charge in [0.15, 0.2) is 0 Å². The second-order valence-corrected chi connectivity index (χ2v) is 8.06. The van der Waals surface area contributed by atoms with Crippen LogP contribution in [0.5, 0.6) is 5.75 Å². The molecule has 1 aliphatic heterocycles. The van der Waals surface area contributed by atoms with Crippen molar-refractivity contribution in [3.05, 3.63) is 59.3 Å². The molecule has 1 N–H and O–H groups in total. The van der Waals surface area contributed by atoms with Gasteiger partial charge in [0, 0.05) is 30.6 Å². The number of hydrogen-bond acceptors (Lipinski definition) is 5. The Morgan fingerprint density at radius 3 is 2.68 bits per heavy atom. The van der Waals surface area contributed by atoms with Gasteiger partial charge in [-0.25, -0.2) is 0 Å². The first-order valence-electron chi connectivity index (χ1n) is 10.5. The standard InChI is InChI=1S/C25H26N4O2/c1-16-12-17(2)23-20(13-16)24(19(14-26)15-27-23)29-10-8-18(9-11-29)25(30)28-21-6-4-5-7-22(21)31-3/h4-7,12-13,15,18H,8-11H2,1-3H3,(H,28,30). The summed E-state index contributed by atoms with van der Waals surface area (Å²) in [6, 6.07) is 14.0. The molecule has 0 bridgehead atoms. The highest BCUT2D eigenvalue weighted by Gasteiger charge is 2.28. The molecular weight excluding hydrogens is 388 g/mol. The normalized spacial score (nSPS) is 14.3. The van der Waals surface area contributed by atoms with Crippen LogP contribution in [0.4, 0.5) is 11.4 Å². The number of methoxy groups -OCH3 is 1. The molecule has 1 aliphatic rings. The molecule has 6 heteroatoms. The van der Waals surface area contributed by atoms with Crippen LogP contribution in [0.3, 0.4) is 0 Å². The third-order valence-electron chi connectivity index (χ3n) is 5.95. The summed E-state index contributed by atoms with van der Waals surface area (Å²) in [5.41, 5.74) is 5.38. The highest BCUT2D eigenvalue weighted by molar-refractivity contribution is 5.97. The fourth-order valence-corrected chi connectivity index (χ4v) is 4.42. The number of fused-ring (bicyclic) bond motifs is 1. The van der Waals surface area contributed by atoms with E-state index in [2.05, 4.69) is 40.3 Å². The molecule has 1 fully saturated rings. The predicted octanol–water partition coefficient (Wildman–Crippen LogP) is 4.59. The number of nitriles is 1. The number of para-hydroxylation sites is 2. The Hall–Kier alpha value is -3.59. The van der Waals surface area contributed by atoms with Gasteiger partial charge in [0.2, 0.25) is 5.91 Å². The van der Waals surface area contributed by atoms with Crippen LogP contribution in [0.2, 0.25) is 0 Å². The topological polar surface area (TPSA) is 78.2 Å². The molecule has 0 aliphatic carbocycles. The van der Waals surface area contributed by atoms with Crippen LogP contribution in [-0.4, -0.2) is 31.1 Å². The molecule has 0 unspecified atom stereocenters. The average Bonchev–Trinajstić information content (AvgIpc) is 2.78. The molecule has 3 aromatic rings.